The summed E-state index contributed by atoms with van der Waals surface area (Å²) >= 11 is 11.0. The van der Waals surface area contributed by atoms with Gasteiger partial charge in [0, 0.05) is 12.0 Å². The maximum Gasteiger partial charge on any atom is 0.278 e. The molecule has 0 heterocycles. The molecule has 1 atom stereocenters. The van der Waals surface area contributed by atoms with Crippen LogP contribution in [0.3, 0.4) is 0 Å². The van der Waals surface area contributed by atoms with Crippen LogP contribution in [0.15, 0.2) is 12.1 Å². The van der Waals surface area contributed by atoms with E-state index in [4.69, 9.17) is 39.7 Å². The minimum Gasteiger partial charge on any atom is -0.489 e. The monoisotopic (exact) mass is 399 g/mol. The molecule has 1 aromatic carbocycles. The molecule has 0 bridgehead atoms. The van der Waals surface area contributed by atoms with Gasteiger partial charge in [0.15, 0.2) is 5.11 Å². The lowest BCUT2D eigenvalue weighted by atomic mass is 10.0. The van der Waals surface area contributed by atoms with Gasteiger partial charge in [-0.15, -0.1) is 0 Å². The van der Waals surface area contributed by atoms with Crippen molar-refractivity contribution in [2.24, 2.45) is 11.7 Å². The topological polar surface area (TPSA) is 79.4 Å². The number of nitrogens with one attached hydrogen (secondary N) is 1. The van der Waals surface area contributed by atoms with Gasteiger partial charge in [-0.25, -0.2) is 9.29 Å². The van der Waals surface area contributed by atoms with Gasteiger partial charge in [0.2, 0.25) is 0 Å². The number of amides is 1. The molecular formula is C18H23ClFN3O2S. The number of halogens is 2. The van der Waals surface area contributed by atoms with E-state index in [-0.39, 0.29) is 39.3 Å². The highest BCUT2D eigenvalue weighted by Gasteiger charge is 2.29. The van der Waals surface area contributed by atoms with Crippen molar-refractivity contribution in [3.63, 3.8) is 0 Å². The third kappa shape index (κ3) is 4.51. The van der Waals surface area contributed by atoms with Gasteiger partial charge in [-0.1, -0.05) is 25.4 Å². The Morgan fingerprint density at radius 3 is 2.65 bits per heavy atom. The lowest BCUT2D eigenvalue weighted by molar-refractivity contribution is -0.112. The number of rotatable bonds is 6. The van der Waals surface area contributed by atoms with E-state index in [1.54, 1.807) is 6.92 Å². The molecule has 8 heteroatoms. The van der Waals surface area contributed by atoms with E-state index < -0.39 is 11.7 Å². The highest BCUT2D eigenvalue weighted by molar-refractivity contribution is 7.80. The van der Waals surface area contributed by atoms with Crippen molar-refractivity contribution in [1.29, 1.82) is 5.41 Å². The van der Waals surface area contributed by atoms with E-state index in [9.17, 15) is 9.18 Å². The zero-order valence-corrected chi connectivity index (χ0v) is 16.4. The van der Waals surface area contributed by atoms with Crippen LogP contribution in [-0.4, -0.2) is 22.8 Å². The van der Waals surface area contributed by atoms with Crippen LogP contribution < -0.4 is 15.4 Å². The van der Waals surface area contributed by atoms with E-state index in [1.165, 1.54) is 6.07 Å². The molecule has 5 nitrogen and oxygen atoms in total. The number of anilines is 1. The second-order valence-corrected chi connectivity index (χ2v) is 7.29. The number of hydrogen-bond donors (Lipinski definition) is 2. The number of hydrogen-bond acceptors (Lipinski definition) is 4. The van der Waals surface area contributed by atoms with Gasteiger partial charge in [-0.2, -0.15) is 0 Å². The SMILES string of the molecule is CCC(C)C(=N)C(=O)N(C(N)=S)c1cc(OC2CCCC2)c(Cl)cc1F. The van der Waals surface area contributed by atoms with Gasteiger partial charge in [-0.05, 0) is 50.4 Å². The molecule has 0 radical (unpaired) electrons. The molecule has 0 spiro atoms. The normalized spacial score (nSPS) is 15.5. The lowest BCUT2D eigenvalue weighted by Crippen LogP contribution is -2.46. The Morgan fingerprint density at radius 2 is 2.12 bits per heavy atom. The molecular weight excluding hydrogens is 377 g/mol. The fraction of sp³-hybridized carbons (Fsp3) is 0.500. The highest BCUT2D eigenvalue weighted by Crippen LogP contribution is 2.35. The van der Waals surface area contributed by atoms with Crippen molar-refractivity contribution in [1.82, 2.24) is 0 Å². The molecule has 142 valence electrons. The van der Waals surface area contributed by atoms with Gasteiger partial charge in [0.05, 0.1) is 22.5 Å². The molecule has 1 saturated carbocycles. The van der Waals surface area contributed by atoms with Gasteiger partial charge < -0.3 is 10.5 Å². The average molecular weight is 400 g/mol. The number of nitrogens with two attached hydrogens (primary N) is 1. The first-order chi connectivity index (χ1) is 12.3. The van der Waals surface area contributed by atoms with E-state index >= 15 is 0 Å². The number of ether oxygens (including phenoxy) is 1. The molecule has 0 aliphatic heterocycles. The molecule has 1 aliphatic rings. The Bertz CT molecular complexity index is 723. The predicted octanol–water partition coefficient (Wildman–Crippen LogP) is 4.44. The summed E-state index contributed by atoms with van der Waals surface area (Å²) in [4.78, 5) is 13.5. The number of thiocarbonyl (C=S) groups is 1. The van der Waals surface area contributed by atoms with Crippen LogP contribution in [-0.2, 0) is 4.79 Å². The Balaban J connectivity index is 2.39. The van der Waals surface area contributed by atoms with E-state index in [0.29, 0.717) is 6.42 Å². The first-order valence-electron chi connectivity index (χ1n) is 8.64. The molecule has 1 amide bonds. The average Bonchev–Trinajstić information content (AvgIpc) is 3.10. The largest absolute Gasteiger partial charge is 0.489 e. The number of nitrogens with zero attached hydrogens (tertiary/aromatic N) is 1. The molecule has 1 fully saturated rings. The zero-order chi connectivity index (χ0) is 19.4. The van der Waals surface area contributed by atoms with Crippen LogP contribution in [0.2, 0.25) is 5.02 Å². The van der Waals surface area contributed by atoms with Crippen molar-refractivity contribution >= 4 is 46.2 Å². The minimum absolute atomic E-state index is 0.0122. The number of carbonyl (C=O) groups is 1. The Morgan fingerprint density at radius 1 is 1.50 bits per heavy atom. The van der Waals surface area contributed by atoms with Crippen LogP contribution in [0.4, 0.5) is 10.1 Å². The maximum absolute atomic E-state index is 14.5. The highest BCUT2D eigenvalue weighted by atomic mass is 35.5. The summed E-state index contributed by atoms with van der Waals surface area (Å²) in [7, 11) is 0. The fourth-order valence-electron chi connectivity index (χ4n) is 2.83. The number of carbonyl (C=O) groups excluding carboxylic acids is 1. The predicted molar refractivity (Wildman–Crippen MR) is 106 cm³/mol. The Kier molecular flexibility index (Phi) is 6.94. The Hall–Kier alpha value is -1.73. The summed E-state index contributed by atoms with van der Waals surface area (Å²) in [5.74, 6) is -1.53. The van der Waals surface area contributed by atoms with E-state index in [1.807, 2.05) is 6.92 Å². The van der Waals surface area contributed by atoms with Crippen LogP contribution in [0, 0.1) is 17.1 Å². The summed E-state index contributed by atoms with van der Waals surface area (Å²) in [6, 6.07) is 2.41. The summed E-state index contributed by atoms with van der Waals surface area (Å²) in [6.45, 7) is 3.60. The molecule has 0 saturated heterocycles. The van der Waals surface area contributed by atoms with Crippen LogP contribution in [0.1, 0.15) is 46.0 Å². The smallest absolute Gasteiger partial charge is 0.278 e. The van der Waals surface area contributed by atoms with Crippen molar-refractivity contribution in [2.75, 3.05) is 4.90 Å². The molecule has 1 unspecified atom stereocenters. The van der Waals surface area contributed by atoms with E-state index in [0.717, 1.165) is 36.6 Å². The van der Waals surface area contributed by atoms with Gasteiger partial charge in [0.1, 0.15) is 11.6 Å². The van der Waals surface area contributed by atoms with Crippen molar-refractivity contribution in [3.05, 3.63) is 23.0 Å². The summed E-state index contributed by atoms with van der Waals surface area (Å²) in [6.07, 6.45) is 4.55. The molecule has 1 aromatic rings. The van der Waals surface area contributed by atoms with Crippen LogP contribution >= 0.6 is 23.8 Å². The second kappa shape index (κ2) is 8.77. The van der Waals surface area contributed by atoms with Gasteiger partial charge in [0.25, 0.3) is 5.91 Å². The molecule has 0 aromatic heterocycles. The second-order valence-electron chi connectivity index (χ2n) is 6.46. The zero-order valence-electron chi connectivity index (χ0n) is 14.9. The molecule has 3 N–H and O–H groups in total. The summed E-state index contributed by atoms with van der Waals surface area (Å²) < 4.78 is 20.4. The van der Waals surface area contributed by atoms with E-state index in [2.05, 4.69) is 0 Å². The minimum atomic E-state index is -0.758. The van der Waals surface area contributed by atoms with Gasteiger partial charge in [-0.3, -0.25) is 10.2 Å². The summed E-state index contributed by atoms with van der Waals surface area (Å²) in [5.41, 5.74) is 5.32. The van der Waals surface area contributed by atoms with Crippen molar-refractivity contribution in [3.8, 4) is 5.75 Å². The molecule has 26 heavy (non-hydrogen) atoms. The standard InChI is InChI=1S/C18H23ClFN3O2S/c1-3-10(2)16(21)17(24)23(18(22)26)14-9-15(12(19)8-13(14)20)25-11-6-4-5-7-11/h8-11,21H,3-7H2,1-2H3,(H2,22,26). The maximum atomic E-state index is 14.5. The fourth-order valence-corrected chi connectivity index (χ4v) is 3.21. The van der Waals surface area contributed by atoms with Crippen LogP contribution in [0.5, 0.6) is 5.75 Å². The number of benzene rings is 1. The first-order valence-corrected chi connectivity index (χ1v) is 9.42. The Labute approximate surface area is 163 Å². The quantitative estimate of drug-likeness (QED) is 0.547. The van der Waals surface area contributed by atoms with Gasteiger partial charge >= 0.3 is 0 Å². The van der Waals surface area contributed by atoms with Crippen molar-refractivity contribution < 1.29 is 13.9 Å². The molecule has 2 rings (SSSR count). The van der Waals surface area contributed by atoms with Crippen LogP contribution in [0.25, 0.3) is 0 Å². The molecule has 1 aliphatic carbocycles. The third-order valence-corrected chi connectivity index (χ3v) is 5.08. The first kappa shape index (κ1) is 20.6. The lowest BCUT2D eigenvalue weighted by Gasteiger charge is -2.24. The summed E-state index contributed by atoms with van der Waals surface area (Å²) in [5, 5.41) is 7.81. The van der Waals surface area contributed by atoms with Crippen molar-refractivity contribution in [2.45, 2.75) is 52.1 Å². The third-order valence-electron chi connectivity index (χ3n) is 4.60.